The average Bonchev–Trinajstić information content (AvgIpc) is 3.18. The summed E-state index contributed by atoms with van der Waals surface area (Å²) in [7, 11) is 1.50. The van der Waals surface area contributed by atoms with Crippen LogP contribution in [0.5, 0.6) is 5.75 Å². The van der Waals surface area contributed by atoms with Gasteiger partial charge in [-0.05, 0) is 48.3 Å². The Labute approximate surface area is 195 Å². The molecule has 0 radical (unpaired) electrons. The zero-order chi connectivity index (χ0) is 23.7. The lowest BCUT2D eigenvalue weighted by Crippen LogP contribution is -2.45. The van der Waals surface area contributed by atoms with Crippen LogP contribution >= 0.6 is 0 Å². The average molecular weight is 453 g/mol. The number of benzene rings is 2. The van der Waals surface area contributed by atoms with Crippen molar-refractivity contribution in [1.29, 1.82) is 0 Å². The number of methoxy groups -OCH3 is 1. The Morgan fingerprint density at radius 1 is 1.18 bits per heavy atom. The number of ether oxygens (including phenoxy) is 1. The maximum atomic E-state index is 14.6. The van der Waals surface area contributed by atoms with Crippen molar-refractivity contribution in [2.75, 3.05) is 13.7 Å². The minimum atomic E-state index is -0.611. The highest BCUT2D eigenvalue weighted by Gasteiger charge is 2.61. The van der Waals surface area contributed by atoms with Gasteiger partial charge in [0.05, 0.1) is 7.11 Å². The summed E-state index contributed by atoms with van der Waals surface area (Å²) in [5.41, 5.74) is 1.25. The first-order valence-corrected chi connectivity index (χ1v) is 11.6. The lowest BCUT2D eigenvalue weighted by atomic mass is 9.84. The van der Waals surface area contributed by atoms with E-state index in [1.807, 2.05) is 18.2 Å². The molecule has 0 aromatic heterocycles. The standard InChI is InChI=1S/C27H33FN2O3/c1-25(2)17-27(25,20-7-5-4-6-8-20)18-29-23(31)11-13-26(14-12-24(32)30-26)16-19-9-10-21(33-3)15-22(19)28/h4-10,15H,11-14,16-18H2,1-3H3,(H,29,31)(H,30,32)/t26-,27+/m0/s1. The zero-order valence-corrected chi connectivity index (χ0v) is 19.7. The van der Waals surface area contributed by atoms with Crippen molar-refractivity contribution in [2.45, 2.75) is 63.3 Å². The predicted octanol–water partition coefficient (Wildman–Crippen LogP) is 4.29. The molecule has 2 fully saturated rings. The van der Waals surface area contributed by atoms with Crippen molar-refractivity contribution in [3.8, 4) is 5.75 Å². The fourth-order valence-corrected chi connectivity index (χ4v) is 5.40. The highest BCUT2D eigenvalue weighted by Crippen LogP contribution is 2.63. The Hall–Kier alpha value is -2.89. The van der Waals surface area contributed by atoms with Crippen LogP contribution in [-0.2, 0) is 21.4 Å². The van der Waals surface area contributed by atoms with E-state index in [1.165, 1.54) is 18.7 Å². The van der Waals surface area contributed by atoms with Crippen molar-refractivity contribution in [3.63, 3.8) is 0 Å². The molecule has 2 aromatic rings. The van der Waals surface area contributed by atoms with Gasteiger partial charge in [-0.1, -0.05) is 50.2 Å². The van der Waals surface area contributed by atoms with Gasteiger partial charge < -0.3 is 15.4 Å². The zero-order valence-electron chi connectivity index (χ0n) is 19.7. The molecule has 2 amide bonds. The normalized spacial score (nSPS) is 25.4. The second kappa shape index (κ2) is 8.81. The molecule has 1 saturated carbocycles. The number of carbonyl (C=O) groups excluding carboxylic acids is 2. The molecular formula is C27H33FN2O3. The van der Waals surface area contributed by atoms with Gasteiger partial charge in [0.2, 0.25) is 11.8 Å². The fraction of sp³-hybridized carbons (Fsp3) is 0.481. The van der Waals surface area contributed by atoms with Gasteiger partial charge in [0.1, 0.15) is 11.6 Å². The Morgan fingerprint density at radius 2 is 1.91 bits per heavy atom. The molecule has 33 heavy (non-hydrogen) atoms. The number of rotatable bonds is 9. The van der Waals surface area contributed by atoms with Crippen LogP contribution in [0.3, 0.4) is 0 Å². The summed E-state index contributed by atoms with van der Waals surface area (Å²) in [5, 5.41) is 6.17. The van der Waals surface area contributed by atoms with E-state index in [9.17, 15) is 14.0 Å². The Kier molecular flexibility index (Phi) is 6.21. The highest BCUT2D eigenvalue weighted by atomic mass is 19.1. The first-order chi connectivity index (χ1) is 15.7. The molecule has 1 heterocycles. The molecule has 2 atom stereocenters. The van der Waals surface area contributed by atoms with E-state index in [0.717, 1.165) is 6.42 Å². The van der Waals surface area contributed by atoms with Crippen LogP contribution in [0.1, 0.15) is 57.1 Å². The lowest BCUT2D eigenvalue weighted by Gasteiger charge is -2.30. The van der Waals surface area contributed by atoms with Gasteiger partial charge in [-0.3, -0.25) is 9.59 Å². The maximum absolute atomic E-state index is 14.6. The van der Waals surface area contributed by atoms with Gasteiger partial charge in [-0.2, -0.15) is 0 Å². The molecular weight excluding hydrogens is 419 g/mol. The van der Waals surface area contributed by atoms with Crippen LogP contribution in [-0.4, -0.2) is 31.0 Å². The van der Waals surface area contributed by atoms with Crippen molar-refractivity contribution in [2.24, 2.45) is 5.41 Å². The Bertz CT molecular complexity index is 1040. The molecule has 0 unspecified atom stereocenters. The van der Waals surface area contributed by atoms with Gasteiger partial charge in [-0.25, -0.2) is 4.39 Å². The van der Waals surface area contributed by atoms with Crippen LogP contribution in [0.15, 0.2) is 48.5 Å². The quantitative estimate of drug-likeness (QED) is 0.597. The Morgan fingerprint density at radius 3 is 2.48 bits per heavy atom. The number of hydrogen-bond acceptors (Lipinski definition) is 3. The number of hydrogen-bond donors (Lipinski definition) is 2. The third-order valence-electron chi connectivity index (χ3n) is 7.68. The third kappa shape index (κ3) is 4.75. The van der Waals surface area contributed by atoms with Crippen molar-refractivity contribution in [3.05, 3.63) is 65.5 Å². The van der Waals surface area contributed by atoms with Crippen molar-refractivity contribution in [1.82, 2.24) is 10.6 Å². The van der Waals surface area contributed by atoms with E-state index in [2.05, 4.69) is 36.6 Å². The smallest absolute Gasteiger partial charge is 0.220 e. The van der Waals surface area contributed by atoms with E-state index in [0.29, 0.717) is 43.5 Å². The molecule has 1 saturated heterocycles. The molecule has 5 nitrogen and oxygen atoms in total. The first kappa shape index (κ1) is 23.3. The SMILES string of the molecule is COc1ccc(C[C@]2(CCC(=O)NC[C@@]3(c4ccccc4)CC3(C)C)CCC(=O)N2)c(F)c1. The Balaban J connectivity index is 1.39. The predicted molar refractivity (Wildman–Crippen MR) is 126 cm³/mol. The van der Waals surface area contributed by atoms with Gasteiger partial charge in [0.25, 0.3) is 0 Å². The van der Waals surface area contributed by atoms with Crippen LogP contribution in [0, 0.1) is 11.2 Å². The molecule has 2 aromatic carbocycles. The summed E-state index contributed by atoms with van der Waals surface area (Å²) in [6, 6.07) is 15.1. The lowest BCUT2D eigenvalue weighted by molar-refractivity contribution is -0.122. The van der Waals surface area contributed by atoms with Crippen LogP contribution < -0.4 is 15.4 Å². The van der Waals surface area contributed by atoms with Crippen molar-refractivity contribution >= 4 is 11.8 Å². The molecule has 4 rings (SSSR count). The summed E-state index contributed by atoms with van der Waals surface area (Å²) in [4.78, 5) is 24.9. The van der Waals surface area contributed by atoms with E-state index in [1.54, 1.807) is 12.1 Å². The summed E-state index contributed by atoms with van der Waals surface area (Å²) in [6.07, 6.45) is 3.11. The van der Waals surface area contributed by atoms with Gasteiger partial charge in [0, 0.05) is 36.4 Å². The van der Waals surface area contributed by atoms with Crippen LogP contribution in [0.25, 0.3) is 0 Å². The molecule has 2 N–H and O–H groups in total. The van der Waals surface area contributed by atoms with Gasteiger partial charge >= 0.3 is 0 Å². The maximum Gasteiger partial charge on any atom is 0.220 e. The summed E-state index contributed by atoms with van der Waals surface area (Å²) in [5.74, 6) is 0.00592. The summed E-state index contributed by atoms with van der Waals surface area (Å²) >= 11 is 0. The van der Waals surface area contributed by atoms with Crippen molar-refractivity contribution < 1.29 is 18.7 Å². The number of amides is 2. The van der Waals surface area contributed by atoms with E-state index >= 15 is 0 Å². The molecule has 2 aliphatic rings. The van der Waals surface area contributed by atoms with E-state index < -0.39 is 5.54 Å². The number of halogens is 1. The molecule has 6 heteroatoms. The second-order valence-corrected chi connectivity index (χ2v) is 10.2. The largest absolute Gasteiger partial charge is 0.497 e. The van der Waals surface area contributed by atoms with E-state index in [4.69, 9.17) is 4.74 Å². The molecule has 0 bridgehead atoms. The van der Waals surface area contributed by atoms with Gasteiger partial charge in [-0.15, -0.1) is 0 Å². The monoisotopic (exact) mass is 452 g/mol. The van der Waals surface area contributed by atoms with Crippen LogP contribution in [0.2, 0.25) is 0 Å². The second-order valence-electron chi connectivity index (χ2n) is 10.2. The molecule has 1 aliphatic heterocycles. The molecule has 0 spiro atoms. The van der Waals surface area contributed by atoms with E-state index in [-0.39, 0.29) is 34.9 Å². The van der Waals surface area contributed by atoms with Gasteiger partial charge in [0.15, 0.2) is 0 Å². The van der Waals surface area contributed by atoms with Crippen LogP contribution in [0.4, 0.5) is 4.39 Å². The highest BCUT2D eigenvalue weighted by molar-refractivity contribution is 5.80. The first-order valence-electron chi connectivity index (χ1n) is 11.6. The summed E-state index contributed by atoms with van der Waals surface area (Å²) in [6.45, 7) is 5.06. The minimum absolute atomic E-state index is 0.0382. The topological polar surface area (TPSA) is 67.4 Å². The molecule has 1 aliphatic carbocycles. The third-order valence-corrected chi connectivity index (χ3v) is 7.68. The fourth-order valence-electron chi connectivity index (χ4n) is 5.40. The summed E-state index contributed by atoms with van der Waals surface area (Å²) < 4.78 is 19.7. The minimum Gasteiger partial charge on any atom is -0.497 e. The number of carbonyl (C=O) groups is 2. The molecule has 176 valence electrons. The number of nitrogens with one attached hydrogen (secondary N) is 2.